The van der Waals surface area contributed by atoms with Gasteiger partial charge < -0.3 is 0 Å². The van der Waals surface area contributed by atoms with Crippen LogP contribution in [0.5, 0.6) is 0 Å². The average molecular weight is 465 g/mol. The van der Waals surface area contributed by atoms with E-state index in [1.165, 1.54) is 54.4 Å². The van der Waals surface area contributed by atoms with Crippen molar-refractivity contribution in [1.29, 1.82) is 0 Å². The molecule has 0 aliphatic heterocycles. The molecule has 1 aliphatic carbocycles. The van der Waals surface area contributed by atoms with Crippen LogP contribution in [-0.4, -0.2) is 0 Å². The Morgan fingerprint density at radius 3 is 1.79 bits per heavy atom. The number of rotatable bonds is 3. The zero-order chi connectivity index (χ0) is 26.4. The van der Waals surface area contributed by atoms with Crippen molar-refractivity contribution in [3.63, 3.8) is 0 Å². The molecule has 2 aromatic rings. The summed E-state index contributed by atoms with van der Waals surface area (Å²) < 4.78 is 0. The second kappa shape index (κ2) is 16.0. The van der Waals surface area contributed by atoms with E-state index in [2.05, 4.69) is 111 Å². The molecule has 0 bridgehead atoms. The highest BCUT2D eigenvalue weighted by Gasteiger charge is 2.32. The fourth-order valence-corrected chi connectivity index (χ4v) is 4.42. The summed E-state index contributed by atoms with van der Waals surface area (Å²) in [5.41, 5.74) is 7.91. The van der Waals surface area contributed by atoms with Crippen LogP contribution in [0.4, 0.5) is 0 Å². The van der Waals surface area contributed by atoms with Crippen molar-refractivity contribution in [3.05, 3.63) is 82.9 Å². The van der Waals surface area contributed by atoms with Crippen LogP contribution >= 0.6 is 0 Å². The van der Waals surface area contributed by atoms with Gasteiger partial charge in [-0.15, -0.1) is 6.58 Å². The van der Waals surface area contributed by atoms with Crippen LogP contribution < -0.4 is 0 Å². The lowest BCUT2D eigenvalue weighted by Crippen LogP contribution is -2.28. The molecule has 0 radical (unpaired) electrons. The van der Waals surface area contributed by atoms with Gasteiger partial charge in [0.2, 0.25) is 0 Å². The molecule has 0 saturated heterocycles. The molecular formula is C34H56. The summed E-state index contributed by atoms with van der Waals surface area (Å²) in [4.78, 5) is 0. The molecule has 192 valence electrons. The SMILES string of the molecule is C=CCCC.CC.Cc1ccc(C(C)(C)C)cc1.Cc1ccc(C2(C)CCC(C)CC2)c(C)c1. The van der Waals surface area contributed by atoms with Crippen LogP contribution in [-0.2, 0) is 10.8 Å². The third-order valence-corrected chi connectivity index (χ3v) is 6.82. The molecule has 0 heterocycles. The third kappa shape index (κ3) is 11.5. The van der Waals surface area contributed by atoms with Crippen LogP contribution in [0.1, 0.15) is 122 Å². The second-order valence-corrected chi connectivity index (χ2v) is 11.3. The van der Waals surface area contributed by atoms with Crippen molar-refractivity contribution < 1.29 is 0 Å². The van der Waals surface area contributed by atoms with E-state index in [-0.39, 0.29) is 5.41 Å². The van der Waals surface area contributed by atoms with Gasteiger partial charge in [-0.1, -0.05) is 121 Å². The first-order valence-electron chi connectivity index (χ1n) is 13.7. The normalized spacial score (nSPS) is 19.3. The van der Waals surface area contributed by atoms with Crippen LogP contribution in [0, 0.1) is 26.7 Å². The molecule has 34 heavy (non-hydrogen) atoms. The molecule has 0 amide bonds. The maximum absolute atomic E-state index is 3.55. The molecule has 1 aliphatic rings. The molecule has 1 fully saturated rings. The van der Waals surface area contributed by atoms with Gasteiger partial charge in [-0.3, -0.25) is 0 Å². The summed E-state index contributed by atoms with van der Waals surface area (Å²) >= 11 is 0. The predicted octanol–water partition coefficient (Wildman–Crippen LogP) is 11.1. The van der Waals surface area contributed by atoms with Gasteiger partial charge in [0.05, 0.1) is 0 Å². The summed E-state index contributed by atoms with van der Waals surface area (Å²) in [6, 6.07) is 15.7. The summed E-state index contributed by atoms with van der Waals surface area (Å²) in [6.45, 7) is 27.8. The fourth-order valence-electron chi connectivity index (χ4n) is 4.42. The minimum absolute atomic E-state index is 0.285. The van der Waals surface area contributed by atoms with Crippen molar-refractivity contribution in [2.24, 2.45) is 5.92 Å². The molecule has 2 aromatic carbocycles. The summed E-state index contributed by atoms with van der Waals surface area (Å²) in [6.07, 6.45) is 9.81. The first-order chi connectivity index (χ1) is 15.9. The zero-order valence-corrected chi connectivity index (χ0v) is 24.6. The van der Waals surface area contributed by atoms with Crippen LogP contribution in [0.3, 0.4) is 0 Å². The maximum atomic E-state index is 3.55. The first kappa shape index (κ1) is 32.2. The van der Waals surface area contributed by atoms with Gasteiger partial charge in [0.25, 0.3) is 0 Å². The van der Waals surface area contributed by atoms with E-state index in [1.807, 2.05) is 19.9 Å². The van der Waals surface area contributed by atoms with Gasteiger partial charge in [0.15, 0.2) is 0 Å². The largest absolute Gasteiger partial charge is 0.103 e. The van der Waals surface area contributed by atoms with Gasteiger partial charge >= 0.3 is 0 Å². The molecule has 0 aromatic heterocycles. The highest BCUT2D eigenvalue weighted by molar-refractivity contribution is 5.36. The third-order valence-electron chi connectivity index (χ3n) is 6.82. The van der Waals surface area contributed by atoms with E-state index < -0.39 is 0 Å². The molecule has 0 N–H and O–H groups in total. The maximum Gasteiger partial charge on any atom is -0.00724 e. The van der Waals surface area contributed by atoms with Crippen molar-refractivity contribution >= 4 is 0 Å². The van der Waals surface area contributed by atoms with Crippen molar-refractivity contribution in [2.75, 3.05) is 0 Å². The van der Waals surface area contributed by atoms with Gasteiger partial charge in [-0.2, -0.15) is 0 Å². The standard InChI is InChI=1S/C16H24.C11H16.C5H10.C2H6/c1-12-7-9-16(4,10-8-12)15-6-5-13(2)11-14(15)3;1-9-5-7-10(8-6-9)11(2,3)4;1-3-5-4-2;1-2/h5-6,11-12H,7-10H2,1-4H3;5-8H,1-4H3;3H,1,4-5H2,2H3;1-2H3. The van der Waals surface area contributed by atoms with Gasteiger partial charge in [-0.25, -0.2) is 0 Å². The smallest absolute Gasteiger partial charge is 0.00724 e. The molecule has 0 nitrogen and oxygen atoms in total. The Morgan fingerprint density at radius 2 is 1.41 bits per heavy atom. The molecule has 0 spiro atoms. The van der Waals surface area contributed by atoms with E-state index in [1.54, 1.807) is 5.56 Å². The van der Waals surface area contributed by atoms with E-state index in [0.29, 0.717) is 5.41 Å². The lowest BCUT2D eigenvalue weighted by atomic mass is 9.67. The highest BCUT2D eigenvalue weighted by atomic mass is 14.4. The zero-order valence-electron chi connectivity index (χ0n) is 24.6. The lowest BCUT2D eigenvalue weighted by Gasteiger charge is -2.38. The quantitative estimate of drug-likeness (QED) is 0.396. The summed E-state index contributed by atoms with van der Waals surface area (Å²) in [5, 5.41) is 0. The predicted molar refractivity (Wildman–Crippen MR) is 157 cm³/mol. The number of unbranched alkanes of at least 4 members (excludes halogenated alkanes) is 1. The Hall–Kier alpha value is -1.82. The van der Waals surface area contributed by atoms with Gasteiger partial charge in [0.1, 0.15) is 0 Å². The summed E-state index contributed by atoms with van der Waals surface area (Å²) in [7, 11) is 0. The minimum atomic E-state index is 0.285. The monoisotopic (exact) mass is 464 g/mol. The Morgan fingerprint density at radius 1 is 0.912 bits per heavy atom. The first-order valence-corrected chi connectivity index (χ1v) is 13.7. The molecule has 0 unspecified atom stereocenters. The van der Waals surface area contributed by atoms with E-state index in [9.17, 15) is 0 Å². The van der Waals surface area contributed by atoms with Gasteiger partial charge in [-0.05, 0) is 86.3 Å². The van der Waals surface area contributed by atoms with E-state index >= 15 is 0 Å². The lowest BCUT2D eigenvalue weighted by molar-refractivity contribution is 0.260. The number of hydrogen-bond donors (Lipinski definition) is 0. The Labute approximate surface area is 214 Å². The number of aryl methyl sites for hydroxylation is 3. The van der Waals surface area contributed by atoms with Crippen LogP contribution in [0.2, 0.25) is 0 Å². The van der Waals surface area contributed by atoms with E-state index in [0.717, 1.165) is 12.3 Å². The molecule has 3 rings (SSSR count). The second-order valence-electron chi connectivity index (χ2n) is 11.3. The number of benzene rings is 2. The fraction of sp³-hybridized carbons (Fsp3) is 0.588. The molecule has 0 atom stereocenters. The van der Waals surface area contributed by atoms with Crippen molar-refractivity contribution in [2.45, 2.75) is 126 Å². The number of hydrogen-bond acceptors (Lipinski definition) is 0. The average Bonchev–Trinajstić information content (AvgIpc) is 2.78. The summed E-state index contributed by atoms with van der Waals surface area (Å²) in [5.74, 6) is 0.929. The topological polar surface area (TPSA) is 0 Å². The minimum Gasteiger partial charge on any atom is -0.103 e. The van der Waals surface area contributed by atoms with Crippen LogP contribution in [0.15, 0.2) is 55.1 Å². The molecule has 1 saturated carbocycles. The van der Waals surface area contributed by atoms with Crippen molar-refractivity contribution in [1.82, 2.24) is 0 Å². The van der Waals surface area contributed by atoms with Gasteiger partial charge in [0, 0.05) is 0 Å². The van der Waals surface area contributed by atoms with E-state index in [4.69, 9.17) is 0 Å². The highest BCUT2D eigenvalue weighted by Crippen LogP contribution is 2.42. The Kier molecular flexibility index (Phi) is 15.1. The van der Waals surface area contributed by atoms with Crippen molar-refractivity contribution in [3.8, 4) is 0 Å². The molecular weight excluding hydrogens is 408 g/mol. The van der Waals surface area contributed by atoms with Crippen LogP contribution in [0.25, 0.3) is 0 Å². The number of allylic oxidation sites excluding steroid dienone is 1. The Balaban J connectivity index is 0.000000525. The Bertz CT molecular complexity index is 793. The molecule has 0 heteroatoms.